The second kappa shape index (κ2) is 12.8. The molecule has 0 unspecified atom stereocenters. The minimum Gasteiger partial charge on any atom is -0.399 e. The zero-order valence-electron chi connectivity index (χ0n) is 20.6. The van der Waals surface area contributed by atoms with Gasteiger partial charge in [-0.1, -0.05) is 35.4 Å². The molecule has 0 fully saturated rings. The first kappa shape index (κ1) is 28.0. The molecule has 0 atom stereocenters. The summed E-state index contributed by atoms with van der Waals surface area (Å²) in [7, 11) is 0. The highest BCUT2D eigenvalue weighted by Crippen LogP contribution is 2.14. The fourth-order valence-corrected chi connectivity index (χ4v) is 3.01. The molecule has 0 radical (unpaired) electrons. The van der Waals surface area contributed by atoms with Crippen molar-refractivity contribution >= 4 is 34.5 Å². The maximum Gasteiger partial charge on any atom is 0.160 e. The van der Waals surface area contributed by atoms with E-state index in [2.05, 4.69) is 0 Å². The summed E-state index contributed by atoms with van der Waals surface area (Å²) < 4.78 is 0. The summed E-state index contributed by atoms with van der Waals surface area (Å²) in [6.45, 7) is 9.68. The number of nitrogens with two attached hydrogens (primary N) is 2. The molecule has 0 saturated carbocycles. The van der Waals surface area contributed by atoms with E-state index >= 15 is 0 Å². The Morgan fingerprint density at radius 3 is 0.971 bits per heavy atom. The predicted octanol–water partition coefficient (Wildman–Crippen LogP) is 5.65. The number of hydrogen-bond acceptors (Lipinski definition) is 6. The fourth-order valence-electron chi connectivity index (χ4n) is 3.01. The Morgan fingerprint density at radius 2 is 0.735 bits per heavy atom. The van der Waals surface area contributed by atoms with Gasteiger partial charge >= 0.3 is 0 Å². The third kappa shape index (κ3) is 8.82. The Labute approximate surface area is 201 Å². The van der Waals surface area contributed by atoms with Gasteiger partial charge in [-0.05, 0) is 77.9 Å². The number of anilines is 2. The van der Waals surface area contributed by atoms with E-state index < -0.39 is 0 Å². The van der Waals surface area contributed by atoms with Crippen LogP contribution in [-0.2, 0) is 0 Å². The van der Waals surface area contributed by atoms with Gasteiger partial charge in [0.25, 0.3) is 0 Å². The van der Waals surface area contributed by atoms with E-state index in [1.54, 1.807) is 48.5 Å². The molecule has 34 heavy (non-hydrogen) atoms. The van der Waals surface area contributed by atoms with Gasteiger partial charge in [0.15, 0.2) is 23.1 Å². The SMILES string of the molecule is CC(=O)c1ccc(C)cc1C(C)=O.CC(=O)c1ccc(C)cc1C(C)=O.Nc1ccc(N)cc1. The van der Waals surface area contributed by atoms with Gasteiger partial charge in [0.05, 0.1) is 0 Å². The van der Waals surface area contributed by atoms with E-state index in [1.807, 2.05) is 26.0 Å². The summed E-state index contributed by atoms with van der Waals surface area (Å²) in [6.07, 6.45) is 0. The number of aryl methyl sites for hydroxylation is 2. The molecule has 3 aromatic carbocycles. The summed E-state index contributed by atoms with van der Waals surface area (Å²) in [5.74, 6) is -0.252. The summed E-state index contributed by atoms with van der Waals surface area (Å²) >= 11 is 0. The van der Waals surface area contributed by atoms with Gasteiger partial charge in [-0.15, -0.1) is 0 Å². The lowest BCUT2D eigenvalue weighted by molar-refractivity contribution is 0.0980. The second-order valence-corrected chi connectivity index (χ2v) is 7.99. The topological polar surface area (TPSA) is 120 Å². The maximum atomic E-state index is 11.2. The number of benzene rings is 3. The molecule has 0 aliphatic carbocycles. The van der Waals surface area contributed by atoms with Gasteiger partial charge < -0.3 is 11.5 Å². The Balaban J connectivity index is 0.000000263. The number of rotatable bonds is 4. The summed E-state index contributed by atoms with van der Waals surface area (Å²) in [4.78, 5) is 44.6. The molecular weight excluding hydrogens is 428 g/mol. The average Bonchev–Trinajstić information content (AvgIpc) is 2.76. The molecule has 0 bridgehead atoms. The van der Waals surface area contributed by atoms with Crippen molar-refractivity contribution < 1.29 is 19.2 Å². The first-order chi connectivity index (χ1) is 15.8. The third-order valence-corrected chi connectivity index (χ3v) is 4.80. The van der Waals surface area contributed by atoms with E-state index in [9.17, 15) is 19.2 Å². The number of hydrogen-bond donors (Lipinski definition) is 2. The lowest BCUT2D eigenvalue weighted by Crippen LogP contribution is -2.04. The minimum atomic E-state index is -0.0646. The van der Waals surface area contributed by atoms with Crippen LogP contribution < -0.4 is 11.5 Å². The highest BCUT2D eigenvalue weighted by atomic mass is 16.1. The minimum absolute atomic E-state index is 0.0612. The van der Waals surface area contributed by atoms with Gasteiger partial charge in [-0.25, -0.2) is 0 Å². The molecule has 0 heterocycles. The molecule has 4 N–H and O–H groups in total. The van der Waals surface area contributed by atoms with E-state index in [1.165, 1.54) is 27.7 Å². The Morgan fingerprint density at radius 1 is 0.471 bits per heavy atom. The van der Waals surface area contributed by atoms with E-state index in [-0.39, 0.29) is 23.1 Å². The van der Waals surface area contributed by atoms with Crippen LogP contribution in [0, 0.1) is 13.8 Å². The second-order valence-electron chi connectivity index (χ2n) is 7.99. The van der Waals surface area contributed by atoms with Crippen molar-refractivity contribution in [1.29, 1.82) is 0 Å². The van der Waals surface area contributed by atoms with Crippen LogP contribution in [-0.4, -0.2) is 23.1 Å². The highest BCUT2D eigenvalue weighted by Gasteiger charge is 2.11. The highest BCUT2D eigenvalue weighted by molar-refractivity contribution is 6.08. The number of carbonyl (C=O) groups is 4. The number of ketones is 4. The van der Waals surface area contributed by atoms with Crippen LogP contribution in [0.1, 0.15) is 80.3 Å². The number of Topliss-reactive ketones (excluding diaryl/α,β-unsaturated/α-hetero) is 4. The van der Waals surface area contributed by atoms with Gasteiger partial charge in [-0.2, -0.15) is 0 Å². The summed E-state index contributed by atoms with van der Waals surface area (Å²) in [6, 6.07) is 17.7. The van der Waals surface area contributed by atoms with E-state index in [4.69, 9.17) is 11.5 Å². The predicted molar refractivity (Wildman–Crippen MR) is 138 cm³/mol. The standard InChI is InChI=1S/2C11H12O2.C6H8N2/c2*1-7-4-5-10(8(2)12)11(6-7)9(3)13;7-5-1-2-6(8)4-3-5/h2*4-6H,1-3H3;1-4H,7-8H2. The van der Waals surface area contributed by atoms with E-state index in [0.29, 0.717) is 22.3 Å². The van der Waals surface area contributed by atoms with Crippen LogP contribution in [0.5, 0.6) is 0 Å². The van der Waals surface area contributed by atoms with Crippen molar-refractivity contribution in [3.63, 3.8) is 0 Å². The summed E-state index contributed by atoms with van der Waals surface area (Å²) in [5.41, 5.74) is 16.3. The fraction of sp³-hybridized carbons (Fsp3) is 0.214. The lowest BCUT2D eigenvalue weighted by atomic mass is 9.99. The normalized spacial score (nSPS) is 9.59. The molecule has 6 heteroatoms. The monoisotopic (exact) mass is 460 g/mol. The van der Waals surface area contributed by atoms with Crippen molar-refractivity contribution in [3.05, 3.63) is 94.0 Å². The van der Waals surface area contributed by atoms with Crippen molar-refractivity contribution in [2.45, 2.75) is 41.5 Å². The molecular formula is C28H32N2O4. The average molecular weight is 461 g/mol. The summed E-state index contributed by atoms with van der Waals surface area (Å²) in [5, 5.41) is 0. The Bertz CT molecular complexity index is 1100. The van der Waals surface area contributed by atoms with Crippen LogP contribution >= 0.6 is 0 Å². The Kier molecular flexibility index (Phi) is 10.6. The zero-order chi connectivity index (χ0) is 26.0. The molecule has 0 spiro atoms. The van der Waals surface area contributed by atoms with Gasteiger partial charge in [-0.3, -0.25) is 19.2 Å². The maximum absolute atomic E-state index is 11.2. The molecule has 3 aromatic rings. The van der Waals surface area contributed by atoms with Crippen LogP contribution in [0.25, 0.3) is 0 Å². The number of nitrogen functional groups attached to an aromatic ring is 2. The number of carbonyl (C=O) groups excluding carboxylic acids is 4. The third-order valence-electron chi connectivity index (χ3n) is 4.80. The van der Waals surface area contributed by atoms with Crippen molar-refractivity contribution in [2.24, 2.45) is 0 Å². The molecule has 0 saturated heterocycles. The molecule has 0 amide bonds. The lowest BCUT2D eigenvalue weighted by Gasteiger charge is -2.03. The molecule has 0 aliphatic heterocycles. The molecule has 0 aliphatic rings. The van der Waals surface area contributed by atoms with Crippen LogP contribution in [0.3, 0.4) is 0 Å². The van der Waals surface area contributed by atoms with Gasteiger partial charge in [0.2, 0.25) is 0 Å². The first-order valence-corrected chi connectivity index (χ1v) is 10.7. The van der Waals surface area contributed by atoms with Crippen LogP contribution in [0.2, 0.25) is 0 Å². The smallest absolute Gasteiger partial charge is 0.160 e. The molecule has 0 aromatic heterocycles. The zero-order valence-corrected chi connectivity index (χ0v) is 20.6. The molecule has 3 rings (SSSR count). The molecule has 178 valence electrons. The van der Waals surface area contributed by atoms with Crippen molar-refractivity contribution in [1.82, 2.24) is 0 Å². The van der Waals surface area contributed by atoms with Gasteiger partial charge in [0, 0.05) is 33.6 Å². The quantitative estimate of drug-likeness (QED) is 0.383. The first-order valence-electron chi connectivity index (χ1n) is 10.7. The largest absolute Gasteiger partial charge is 0.399 e. The van der Waals surface area contributed by atoms with Crippen molar-refractivity contribution in [2.75, 3.05) is 11.5 Å². The van der Waals surface area contributed by atoms with Crippen LogP contribution in [0.15, 0.2) is 60.7 Å². The van der Waals surface area contributed by atoms with E-state index in [0.717, 1.165) is 22.5 Å². The van der Waals surface area contributed by atoms with Crippen molar-refractivity contribution in [3.8, 4) is 0 Å². The molecule has 6 nitrogen and oxygen atoms in total. The van der Waals surface area contributed by atoms with Crippen LogP contribution in [0.4, 0.5) is 11.4 Å². The van der Waals surface area contributed by atoms with Gasteiger partial charge in [0.1, 0.15) is 0 Å². The Hall–Kier alpha value is -4.06.